The molecule has 0 radical (unpaired) electrons. The molecule has 0 aliphatic rings. The lowest BCUT2D eigenvalue weighted by atomic mass is 10.3. The Bertz CT molecular complexity index is 436. The lowest BCUT2D eigenvalue weighted by Crippen LogP contribution is -1.78. The molecule has 0 aliphatic heterocycles. The van der Waals surface area contributed by atoms with E-state index in [1.165, 1.54) is 0 Å². The minimum absolute atomic E-state index is 0.326. The number of rotatable bonds is 1. The molecule has 1 N–H and O–H groups in total. The molecule has 2 aromatic rings. The Kier molecular flexibility index (Phi) is 1.59. The van der Waals surface area contributed by atoms with Gasteiger partial charge in [-0.25, -0.2) is 4.98 Å². The third-order valence-electron chi connectivity index (χ3n) is 1.58. The molecule has 0 amide bonds. The highest BCUT2D eigenvalue weighted by Gasteiger charge is 2.00. The third kappa shape index (κ3) is 1.08. The molecule has 0 spiro atoms. The SMILES string of the molecule is O=Cc1nc2cc(Cl)ccc2[nH]1. The van der Waals surface area contributed by atoms with Crippen LogP contribution in [0.15, 0.2) is 18.2 Å². The van der Waals surface area contributed by atoms with Gasteiger partial charge in [-0.3, -0.25) is 4.79 Å². The highest BCUT2D eigenvalue weighted by atomic mass is 35.5. The number of halogens is 1. The van der Waals surface area contributed by atoms with E-state index < -0.39 is 0 Å². The summed E-state index contributed by atoms with van der Waals surface area (Å²) in [5, 5.41) is 0.617. The van der Waals surface area contributed by atoms with E-state index in [1.54, 1.807) is 18.2 Å². The Balaban J connectivity index is 2.75. The van der Waals surface area contributed by atoms with Gasteiger partial charge >= 0.3 is 0 Å². The largest absolute Gasteiger partial charge is 0.336 e. The molecule has 60 valence electrons. The summed E-state index contributed by atoms with van der Waals surface area (Å²) in [6.07, 6.45) is 0.675. The van der Waals surface area contributed by atoms with Crippen molar-refractivity contribution in [1.82, 2.24) is 9.97 Å². The first-order valence-corrected chi connectivity index (χ1v) is 3.78. The quantitative estimate of drug-likeness (QED) is 0.683. The van der Waals surface area contributed by atoms with Crippen LogP contribution < -0.4 is 0 Å². The van der Waals surface area contributed by atoms with Crippen LogP contribution in [-0.2, 0) is 0 Å². The fourth-order valence-electron chi connectivity index (χ4n) is 1.05. The van der Waals surface area contributed by atoms with Crippen LogP contribution in [0.1, 0.15) is 10.6 Å². The van der Waals surface area contributed by atoms with Crippen molar-refractivity contribution in [2.24, 2.45) is 0 Å². The molecular weight excluding hydrogens is 176 g/mol. The molecule has 12 heavy (non-hydrogen) atoms. The summed E-state index contributed by atoms with van der Waals surface area (Å²) in [7, 11) is 0. The Morgan fingerprint density at radius 2 is 2.33 bits per heavy atom. The predicted molar refractivity (Wildman–Crippen MR) is 46.5 cm³/mol. The van der Waals surface area contributed by atoms with E-state index in [2.05, 4.69) is 9.97 Å². The molecule has 0 saturated carbocycles. The molecule has 3 nitrogen and oxygen atoms in total. The highest BCUT2D eigenvalue weighted by Crippen LogP contribution is 2.16. The Hall–Kier alpha value is -1.35. The van der Waals surface area contributed by atoms with Crippen LogP contribution >= 0.6 is 11.6 Å². The summed E-state index contributed by atoms with van der Waals surface area (Å²) >= 11 is 5.73. The van der Waals surface area contributed by atoms with E-state index in [9.17, 15) is 4.79 Å². The molecule has 2 rings (SSSR count). The molecule has 0 atom stereocenters. The smallest absolute Gasteiger partial charge is 0.185 e. The summed E-state index contributed by atoms with van der Waals surface area (Å²) in [5.74, 6) is 0.326. The van der Waals surface area contributed by atoms with Crippen molar-refractivity contribution in [2.45, 2.75) is 0 Å². The summed E-state index contributed by atoms with van der Waals surface area (Å²) in [5.41, 5.74) is 1.53. The lowest BCUT2D eigenvalue weighted by molar-refractivity contribution is 0.111. The zero-order chi connectivity index (χ0) is 8.55. The molecule has 0 unspecified atom stereocenters. The first-order chi connectivity index (χ1) is 5.79. The van der Waals surface area contributed by atoms with Crippen LogP contribution in [0, 0.1) is 0 Å². The average molecular weight is 181 g/mol. The second kappa shape index (κ2) is 2.60. The number of hydrogen-bond donors (Lipinski definition) is 1. The molecular formula is C8H5ClN2O. The molecule has 0 fully saturated rings. The van der Waals surface area contributed by atoms with Crippen LogP contribution in [0.4, 0.5) is 0 Å². The van der Waals surface area contributed by atoms with E-state index in [0.29, 0.717) is 22.6 Å². The zero-order valence-corrected chi connectivity index (χ0v) is 6.80. The van der Waals surface area contributed by atoms with Gasteiger partial charge in [-0.15, -0.1) is 0 Å². The first-order valence-electron chi connectivity index (χ1n) is 3.40. The Morgan fingerprint density at radius 1 is 1.50 bits per heavy atom. The molecule has 1 aromatic heterocycles. The third-order valence-corrected chi connectivity index (χ3v) is 1.81. The molecule has 1 aromatic carbocycles. The standard InChI is InChI=1S/C8H5ClN2O/c9-5-1-2-6-7(3-5)11-8(4-12)10-6/h1-4H,(H,10,11). The van der Waals surface area contributed by atoms with Crippen LogP contribution in [-0.4, -0.2) is 16.3 Å². The van der Waals surface area contributed by atoms with Gasteiger partial charge in [-0.2, -0.15) is 0 Å². The van der Waals surface area contributed by atoms with Gasteiger partial charge in [0.2, 0.25) is 0 Å². The molecule has 0 bridgehead atoms. The zero-order valence-electron chi connectivity index (χ0n) is 6.04. The van der Waals surface area contributed by atoms with Gasteiger partial charge < -0.3 is 4.98 Å². The topological polar surface area (TPSA) is 45.8 Å². The number of fused-ring (bicyclic) bond motifs is 1. The van der Waals surface area contributed by atoms with Gasteiger partial charge in [0, 0.05) is 5.02 Å². The second-order valence-electron chi connectivity index (χ2n) is 2.40. The Labute approximate surface area is 73.4 Å². The van der Waals surface area contributed by atoms with Crippen molar-refractivity contribution in [1.29, 1.82) is 0 Å². The lowest BCUT2D eigenvalue weighted by Gasteiger charge is -1.87. The monoisotopic (exact) mass is 180 g/mol. The minimum Gasteiger partial charge on any atom is -0.336 e. The number of aromatic nitrogens is 2. The van der Waals surface area contributed by atoms with Gasteiger partial charge in [0.15, 0.2) is 12.1 Å². The fraction of sp³-hybridized carbons (Fsp3) is 0. The molecule has 0 aliphatic carbocycles. The normalized spacial score (nSPS) is 10.4. The second-order valence-corrected chi connectivity index (χ2v) is 2.84. The molecule has 0 saturated heterocycles. The number of imidazole rings is 1. The fourth-order valence-corrected chi connectivity index (χ4v) is 1.22. The number of nitrogens with zero attached hydrogens (tertiary/aromatic N) is 1. The van der Waals surface area contributed by atoms with Gasteiger partial charge in [-0.1, -0.05) is 11.6 Å². The van der Waals surface area contributed by atoms with Crippen molar-refractivity contribution in [3.8, 4) is 0 Å². The van der Waals surface area contributed by atoms with Gasteiger partial charge in [0.25, 0.3) is 0 Å². The maximum absolute atomic E-state index is 10.3. The number of carbonyl (C=O) groups is 1. The molecule has 1 heterocycles. The number of nitrogens with one attached hydrogen (secondary N) is 1. The number of aldehydes is 1. The van der Waals surface area contributed by atoms with Crippen LogP contribution in [0.3, 0.4) is 0 Å². The maximum atomic E-state index is 10.3. The van der Waals surface area contributed by atoms with Crippen LogP contribution in [0.25, 0.3) is 11.0 Å². The first kappa shape index (κ1) is 7.31. The Morgan fingerprint density at radius 3 is 3.08 bits per heavy atom. The summed E-state index contributed by atoms with van der Waals surface area (Å²) in [6.45, 7) is 0. The summed E-state index contributed by atoms with van der Waals surface area (Å²) < 4.78 is 0. The van der Waals surface area contributed by atoms with Crippen molar-refractivity contribution in [3.63, 3.8) is 0 Å². The highest BCUT2D eigenvalue weighted by molar-refractivity contribution is 6.31. The van der Waals surface area contributed by atoms with Crippen molar-refractivity contribution in [2.75, 3.05) is 0 Å². The summed E-state index contributed by atoms with van der Waals surface area (Å²) in [6, 6.07) is 5.24. The summed E-state index contributed by atoms with van der Waals surface area (Å²) in [4.78, 5) is 17.2. The number of aromatic amines is 1. The van der Waals surface area contributed by atoms with Crippen LogP contribution in [0.5, 0.6) is 0 Å². The van der Waals surface area contributed by atoms with E-state index in [-0.39, 0.29) is 0 Å². The average Bonchev–Trinajstić information content (AvgIpc) is 2.46. The number of H-pyrrole nitrogens is 1. The van der Waals surface area contributed by atoms with Gasteiger partial charge in [0.05, 0.1) is 11.0 Å². The van der Waals surface area contributed by atoms with Crippen molar-refractivity contribution >= 4 is 28.9 Å². The number of hydrogen-bond acceptors (Lipinski definition) is 2. The van der Waals surface area contributed by atoms with E-state index in [0.717, 1.165) is 5.52 Å². The predicted octanol–water partition coefficient (Wildman–Crippen LogP) is 2.03. The van der Waals surface area contributed by atoms with Crippen LogP contribution in [0.2, 0.25) is 5.02 Å². The number of carbonyl (C=O) groups excluding carboxylic acids is 1. The minimum atomic E-state index is 0.326. The van der Waals surface area contributed by atoms with Crippen molar-refractivity contribution in [3.05, 3.63) is 29.0 Å². The van der Waals surface area contributed by atoms with E-state index >= 15 is 0 Å². The van der Waals surface area contributed by atoms with E-state index in [4.69, 9.17) is 11.6 Å². The van der Waals surface area contributed by atoms with Crippen molar-refractivity contribution < 1.29 is 4.79 Å². The maximum Gasteiger partial charge on any atom is 0.185 e. The van der Waals surface area contributed by atoms with Gasteiger partial charge in [-0.05, 0) is 18.2 Å². The molecule has 4 heteroatoms. The van der Waals surface area contributed by atoms with E-state index in [1.807, 2.05) is 0 Å². The van der Waals surface area contributed by atoms with Gasteiger partial charge in [0.1, 0.15) is 0 Å². The number of benzene rings is 1.